The van der Waals surface area contributed by atoms with E-state index in [-0.39, 0.29) is 12.5 Å². The first-order valence-corrected chi connectivity index (χ1v) is 7.17. The van der Waals surface area contributed by atoms with Gasteiger partial charge in [0.25, 0.3) is 0 Å². The second-order valence-corrected chi connectivity index (χ2v) is 5.65. The smallest absolute Gasteiger partial charge is 0.328 e. The third-order valence-electron chi connectivity index (χ3n) is 2.86. The number of amides is 2. The van der Waals surface area contributed by atoms with E-state index in [4.69, 9.17) is 23.2 Å². The average molecular weight is 333 g/mol. The first-order valence-electron chi connectivity index (χ1n) is 6.41. The molecule has 5 nitrogen and oxygen atoms in total. The van der Waals surface area contributed by atoms with Crippen molar-refractivity contribution in [1.82, 2.24) is 10.6 Å². The minimum absolute atomic E-state index is 0.0812. The molecule has 21 heavy (non-hydrogen) atoms. The van der Waals surface area contributed by atoms with Crippen molar-refractivity contribution in [1.29, 1.82) is 0 Å². The average Bonchev–Trinajstić information content (AvgIpc) is 2.42. The molecular weight excluding hydrogens is 315 g/mol. The van der Waals surface area contributed by atoms with E-state index in [1.54, 1.807) is 18.2 Å². The fourth-order valence-electron chi connectivity index (χ4n) is 1.66. The number of esters is 1. The van der Waals surface area contributed by atoms with E-state index in [2.05, 4.69) is 15.4 Å². The monoisotopic (exact) mass is 332 g/mol. The number of urea groups is 1. The van der Waals surface area contributed by atoms with Gasteiger partial charge in [-0.15, -0.1) is 0 Å². The number of ether oxygens (including phenoxy) is 1. The lowest BCUT2D eigenvalue weighted by Gasteiger charge is -2.20. The van der Waals surface area contributed by atoms with Crippen molar-refractivity contribution in [3.8, 4) is 0 Å². The summed E-state index contributed by atoms with van der Waals surface area (Å²) in [5.74, 6) is -0.563. The Balaban J connectivity index is 2.58. The van der Waals surface area contributed by atoms with Gasteiger partial charge in [-0.25, -0.2) is 9.59 Å². The second-order valence-electron chi connectivity index (χ2n) is 4.81. The topological polar surface area (TPSA) is 67.4 Å². The number of hydrogen-bond acceptors (Lipinski definition) is 3. The molecule has 0 aliphatic heterocycles. The maximum absolute atomic E-state index is 11.8. The Morgan fingerprint density at radius 3 is 2.48 bits per heavy atom. The summed E-state index contributed by atoms with van der Waals surface area (Å²) in [7, 11) is 1.28. The van der Waals surface area contributed by atoms with E-state index in [1.807, 2.05) is 13.8 Å². The molecule has 2 amide bonds. The van der Waals surface area contributed by atoms with Crippen LogP contribution in [-0.4, -0.2) is 25.2 Å². The number of carbonyl (C=O) groups is 2. The van der Waals surface area contributed by atoms with E-state index in [1.165, 1.54) is 7.11 Å². The van der Waals surface area contributed by atoms with Crippen molar-refractivity contribution in [3.05, 3.63) is 33.8 Å². The van der Waals surface area contributed by atoms with Crippen LogP contribution in [0.3, 0.4) is 0 Å². The highest BCUT2D eigenvalue weighted by atomic mass is 35.5. The zero-order valence-corrected chi connectivity index (χ0v) is 13.6. The maximum atomic E-state index is 11.8. The van der Waals surface area contributed by atoms with Crippen LogP contribution < -0.4 is 10.6 Å². The van der Waals surface area contributed by atoms with E-state index in [0.29, 0.717) is 10.0 Å². The summed E-state index contributed by atoms with van der Waals surface area (Å²) < 4.78 is 4.65. The maximum Gasteiger partial charge on any atom is 0.328 e. The molecule has 1 aromatic rings. The first kappa shape index (κ1) is 17.6. The van der Waals surface area contributed by atoms with Crippen LogP contribution in [0.2, 0.25) is 10.0 Å². The SMILES string of the molecule is COC(=O)C(NC(=O)NCc1ccc(Cl)cc1Cl)C(C)C. The van der Waals surface area contributed by atoms with Crippen LogP contribution in [-0.2, 0) is 16.1 Å². The highest BCUT2D eigenvalue weighted by molar-refractivity contribution is 6.35. The molecule has 0 saturated carbocycles. The lowest BCUT2D eigenvalue weighted by Crippen LogP contribution is -2.48. The molecule has 1 unspecified atom stereocenters. The number of hydrogen-bond donors (Lipinski definition) is 2. The van der Waals surface area contributed by atoms with Gasteiger partial charge in [0.15, 0.2) is 0 Å². The molecule has 0 spiro atoms. The Bertz CT molecular complexity index is 521. The van der Waals surface area contributed by atoms with Gasteiger partial charge in [-0.3, -0.25) is 0 Å². The summed E-state index contributed by atoms with van der Waals surface area (Å²) in [6.07, 6.45) is 0. The quantitative estimate of drug-likeness (QED) is 0.814. The Morgan fingerprint density at radius 2 is 1.95 bits per heavy atom. The van der Waals surface area contributed by atoms with Gasteiger partial charge in [0.05, 0.1) is 7.11 Å². The summed E-state index contributed by atoms with van der Waals surface area (Å²) in [6, 6.07) is 3.85. The van der Waals surface area contributed by atoms with Gasteiger partial charge in [-0.05, 0) is 23.6 Å². The molecule has 0 fully saturated rings. The molecule has 1 rings (SSSR count). The summed E-state index contributed by atoms with van der Waals surface area (Å²) in [5.41, 5.74) is 0.732. The van der Waals surface area contributed by atoms with E-state index in [0.717, 1.165) is 5.56 Å². The molecular formula is C14H18Cl2N2O3. The van der Waals surface area contributed by atoms with Crippen molar-refractivity contribution in [3.63, 3.8) is 0 Å². The summed E-state index contributed by atoms with van der Waals surface area (Å²) in [6.45, 7) is 3.86. The van der Waals surface area contributed by atoms with Crippen molar-refractivity contribution in [2.45, 2.75) is 26.4 Å². The largest absolute Gasteiger partial charge is 0.467 e. The van der Waals surface area contributed by atoms with Crippen LogP contribution in [0, 0.1) is 5.92 Å². The number of nitrogens with one attached hydrogen (secondary N) is 2. The van der Waals surface area contributed by atoms with Gasteiger partial charge in [0.2, 0.25) is 0 Å². The molecule has 0 aromatic heterocycles. The number of halogens is 2. The molecule has 116 valence electrons. The Kier molecular flexibility index (Phi) is 6.78. The van der Waals surface area contributed by atoms with Crippen LogP contribution >= 0.6 is 23.2 Å². The van der Waals surface area contributed by atoms with Crippen LogP contribution in [0.1, 0.15) is 19.4 Å². The normalized spacial score (nSPS) is 11.9. The van der Waals surface area contributed by atoms with E-state index < -0.39 is 18.0 Å². The molecule has 0 saturated heterocycles. The minimum Gasteiger partial charge on any atom is -0.467 e. The number of rotatable bonds is 5. The zero-order chi connectivity index (χ0) is 16.0. The van der Waals surface area contributed by atoms with Crippen LogP contribution in [0.4, 0.5) is 4.79 Å². The van der Waals surface area contributed by atoms with Gasteiger partial charge in [0, 0.05) is 16.6 Å². The standard InChI is InChI=1S/C14H18Cl2N2O3/c1-8(2)12(13(19)21-3)18-14(20)17-7-9-4-5-10(15)6-11(9)16/h4-6,8,12H,7H2,1-3H3,(H2,17,18,20). The molecule has 7 heteroatoms. The number of benzene rings is 1. The molecule has 1 aromatic carbocycles. The van der Waals surface area contributed by atoms with E-state index in [9.17, 15) is 9.59 Å². The van der Waals surface area contributed by atoms with Crippen LogP contribution in [0.5, 0.6) is 0 Å². The Labute approximate surface area is 133 Å². The molecule has 0 radical (unpaired) electrons. The lowest BCUT2D eigenvalue weighted by atomic mass is 10.1. The predicted octanol–water partition coefficient (Wildman–Crippen LogP) is 2.99. The molecule has 0 heterocycles. The Hall–Kier alpha value is -1.46. The number of carbonyl (C=O) groups excluding carboxylic acids is 2. The zero-order valence-electron chi connectivity index (χ0n) is 12.1. The van der Waals surface area contributed by atoms with Gasteiger partial charge in [-0.1, -0.05) is 43.1 Å². The highest BCUT2D eigenvalue weighted by Gasteiger charge is 2.24. The van der Waals surface area contributed by atoms with Crippen LogP contribution in [0.15, 0.2) is 18.2 Å². The molecule has 0 aliphatic rings. The van der Waals surface area contributed by atoms with Gasteiger partial charge in [-0.2, -0.15) is 0 Å². The molecule has 2 N–H and O–H groups in total. The number of methoxy groups -OCH3 is 1. The highest BCUT2D eigenvalue weighted by Crippen LogP contribution is 2.20. The van der Waals surface area contributed by atoms with Crippen molar-refractivity contribution < 1.29 is 14.3 Å². The fourth-order valence-corrected chi connectivity index (χ4v) is 2.13. The van der Waals surface area contributed by atoms with Crippen LogP contribution in [0.25, 0.3) is 0 Å². The molecule has 0 bridgehead atoms. The van der Waals surface area contributed by atoms with Gasteiger partial charge >= 0.3 is 12.0 Å². The van der Waals surface area contributed by atoms with E-state index >= 15 is 0 Å². The molecule has 0 aliphatic carbocycles. The summed E-state index contributed by atoms with van der Waals surface area (Å²) >= 11 is 11.8. The molecule has 1 atom stereocenters. The third-order valence-corrected chi connectivity index (χ3v) is 3.45. The van der Waals surface area contributed by atoms with Crippen molar-refractivity contribution >= 4 is 35.2 Å². The fraction of sp³-hybridized carbons (Fsp3) is 0.429. The Morgan fingerprint density at radius 1 is 1.29 bits per heavy atom. The van der Waals surface area contributed by atoms with Crippen molar-refractivity contribution in [2.75, 3.05) is 7.11 Å². The second kappa shape index (κ2) is 8.10. The third kappa shape index (κ3) is 5.44. The summed E-state index contributed by atoms with van der Waals surface area (Å²) in [4.78, 5) is 23.4. The first-order chi connectivity index (χ1) is 9.85. The van der Waals surface area contributed by atoms with Gasteiger partial charge < -0.3 is 15.4 Å². The summed E-state index contributed by atoms with van der Waals surface area (Å²) in [5, 5.41) is 6.21. The minimum atomic E-state index is -0.698. The van der Waals surface area contributed by atoms with Crippen molar-refractivity contribution in [2.24, 2.45) is 5.92 Å². The van der Waals surface area contributed by atoms with Gasteiger partial charge in [0.1, 0.15) is 6.04 Å². The lowest BCUT2D eigenvalue weighted by molar-refractivity contribution is -0.143. The predicted molar refractivity (Wildman–Crippen MR) is 82.5 cm³/mol.